The first-order valence-electron chi connectivity index (χ1n) is 14.0. The van der Waals surface area contributed by atoms with Crippen molar-refractivity contribution < 1.29 is 23.8 Å². The number of hydrogen-bond donors (Lipinski definition) is 3. The van der Waals surface area contributed by atoms with E-state index in [1.807, 2.05) is 30.3 Å². The summed E-state index contributed by atoms with van der Waals surface area (Å²) in [6.07, 6.45) is 1.26. The van der Waals surface area contributed by atoms with Gasteiger partial charge in [-0.1, -0.05) is 65.8 Å². The number of thioether (sulfide) groups is 1. The molecular weight excluding hydrogens is 606 g/mol. The van der Waals surface area contributed by atoms with E-state index in [9.17, 15) is 24.5 Å². The number of para-hydroxylation sites is 1. The van der Waals surface area contributed by atoms with Gasteiger partial charge in [-0.15, -0.1) is 11.8 Å². The maximum atomic E-state index is 13.4. The molecule has 1 aromatic heterocycles. The Labute approximate surface area is 267 Å². The Morgan fingerprint density at radius 2 is 1.52 bits per heavy atom. The minimum atomic E-state index is -0.688. The Balaban J connectivity index is 1.35. The van der Waals surface area contributed by atoms with Crippen LogP contribution in [0, 0.1) is 17.0 Å². The fourth-order valence-corrected chi connectivity index (χ4v) is 5.37. The van der Waals surface area contributed by atoms with E-state index in [1.54, 1.807) is 73.7 Å². The number of rotatable bonds is 11. The summed E-state index contributed by atoms with van der Waals surface area (Å²) in [5.74, 6) is -0.658. The zero-order valence-electron chi connectivity index (χ0n) is 24.4. The van der Waals surface area contributed by atoms with E-state index in [-0.39, 0.29) is 22.9 Å². The first-order valence-corrected chi connectivity index (χ1v) is 14.8. The number of aromatic nitrogens is 1. The highest BCUT2D eigenvalue weighted by Gasteiger charge is 2.24. The number of nitrogens with one attached hydrogen (secondary N) is 3. The fourth-order valence-electron chi connectivity index (χ4n) is 4.34. The van der Waals surface area contributed by atoms with Gasteiger partial charge < -0.3 is 20.5 Å². The summed E-state index contributed by atoms with van der Waals surface area (Å²) in [4.78, 5) is 51.4. The lowest BCUT2D eigenvalue weighted by molar-refractivity contribution is -0.385. The van der Waals surface area contributed by atoms with Crippen LogP contribution in [0.3, 0.4) is 0 Å². The lowest BCUT2D eigenvalue weighted by atomic mass is 10.1. The zero-order chi connectivity index (χ0) is 32.5. The smallest absolute Gasteiger partial charge is 0.276 e. The number of hydrogen-bond acceptors (Lipinski definition) is 8. The predicted octanol–water partition coefficient (Wildman–Crippen LogP) is 6.77. The molecule has 0 spiro atoms. The van der Waals surface area contributed by atoms with E-state index in [2.05, 4.69) is 21.1 Å². The van der Waals surface area contributed by atoms with Crippen molar-refractivity contribution >= 4 is 52.8 Å². The van der Waals surface area contributed by atoms with Crippen LogP contribution < -0.4 is 16.0 Å². The summed E-state index contributed by atoms with van der Waals surface area (Å²) in [6, 6.07) is 31.9. The highest BCUT2D eigenvalue weighted by Crippen LogP contribution is 2.36. The molecule has 230 valence electrons. The van der Waals surface area contributed by atoms with Gasteiger partial charge in [0, 0.05) is 28.3 Å². The second-order valence-electron chi connectivity index (χ2n) is 9.89. The number of aryl methyl sites for hydroxylation is 1. The second kappa shape index (κ2) is 14.6. The van der Waals surface area contributed by atoms with Gasteiger partial charge in [0.25, 0.3) is 17.5 Å². The van der Waals surface area contributed by atoms with Gasteiger partial charge in [-0.3, -0.25) is 24.5 Å². The largest absolute Gasteiger partial charge is 0.360 e. The van der Waals surface area contributed by atoms with Crippen LogP contribution in [0.25, 0.3) is 6.08 Å². The molecule has 11 nitrogen and oxygen atoms in total. The molecule has 5 aromatic rings. The van der Waals surface area contributed by atoms with Crippen molar-refractivity contribution in [1.82, 2.24) is 10.5 Å². The third kappa shape index (κ3) is 8.12. The molecule has 12 heteroatoms. The van der Waals surface area contributed by atoms with Crippen LogP contribution in [0.2, 0.25) is 0 Å². The number of amides is 3. The lowest BCUT2D eigenvalue weighted by Gasteiger charge is -2.16. The van der Waals surface area contributed by atoms with Gasteiger partial charge in [0.05, 0.1) is 10.5 Å². The van der Waals surface area contributed by atoms with E-state index in [0.29, 0.717) is 22.8 Å². The van der Waals surface area contributed by atoms with Gasteiger partial charge in [-0.25, -0.2) is 0 Å². The molecule has 0 saturated carbocycles. The van der Waals surface area contributed by atoms with Gasteiger partial charge in [0.2, 0.25) is 5.91 Å². The Morgan fingerprint density at radius 1 is 0.870 bits per heavy atom. The molecule has 0 radical (unpaired) electrons. The second-order valence-corrected chi connectivity index (χ2v) is 11.1. The van der Waals surface area contributed by atoms with Crippen LogP contribution >= 0.6 is 11.8 Å². The zero-order valence-corrected chi connectivity index (χ0v) is 25.2. The molecule has 3 amide bonds. The molecule has 4 aromatic carbocycles. The van der Waals surface area contributed by atoms with Crippen molar-refractivity contribution in [2.75, 3.05) is 10.6 Å². The molecule has 1 heterocycles. The molecule has 0 bridgehead atoms. The average molecular weight is 634 g/mol. The van der Waals surface area contributed by atoms with Gasteiger partial charge in [-0.2, -0.15) is 0 Å². The minimum absolute atomic E-state index is 0.142. The number of nitro benzene ring substituents is 1. The molecule has 0 fully saturated rings. The van der Waals surface area contributed by atoms with E-state index >= 15 is 0 Å². The molecule has 46 heavy (non-hydrogen) atoms. The van der Waals surface area contributed by atoms with Crippen LogP contribution in [-0.2, 0) is 9.59 Å². The highest BCUT2D eigenvalue weighted by atomic mass is 32.2. The molecular formula is C34H27N5O6S. The van der Waals surface area contributed by atoms with Gasteiger partial charge in [0.1, 0.15) is 16.7 Å². The van der Waals surface area contributed by atoms with Gasteiger partial charge in [0.15, 0.2) is 5.82 Å². The predicted molar refractivity (Wildman–Crippen MR) is 175 cm³/mol. The third-order valence-corrected chi connectivity index (χ3v) is 7.81. The van der Waals surface area contributed by atoms with Crippen molar-refractivity contribution in [3.05, 3.63) is 154 Å². The summed E-state index contributed by atoms with van der Waals surface area (Å²) in [5, 5.41) is 22.9. The first-order chi connectivity index (χ1) is 22.3. The quantitative estimate of drug-likeness (QED) is 0.0622. The number of benzene rings is 4. The summed E-state index contributed by atoms with van der Waals surface area (Å²) in [7, 11) is 0. The maximum Gasteiger partial charge on any atom is 0.276 e. The van der Waals surface area contributed by atoms with Crippen LogP contribution in [0.15, 0.2) is 130 Å². The maximum absolute atomic E-state index is 13.4. The summed E-state index contributed by atoms with van der Waals surface area (Å²) >= 11 is 1.31. The molecule has 1 atom stereocenters. The molecule has 0 aliphatic carbocycles. The van der Waals surface area contributed by atoms with Crippen molar-refractivity contribution in [3.8, 4) is 0 Å². The third-order valence-electron chi connectivity index (χ3n) is 6.55. The van der Waals surface area contributed by atoms with Crippen LogP contribution in [-0.4, -0.2) is 27.8 Å². The van der Waals surface area contributed by atoms with Crippen molar-refractivity contribution in [3.63, 3.8) is 0 Å². The van der Waals surface area contributed by atoms with Crippen LogP contribution in [0.5, 0.6) is 0 Å². The van der Waals surface area contributed by atoms with E-state index in [4.69, 9.17) is 4.52 Å². The summed E-state index contributed by atoms with van der Waals surface area (Å²) in [5.41, 5.74) is 1.21. The SMILES string of the molecule is Cc1cc(NC(=O)C(Sc2ccc(NC(=O)/C(=C/c3ccccc3[N+](=O)[O-])NC(=O)c3ccccc3)cc2)c2ccccc2)no1. The Morgan fingerprint density at radius 3 is 2.17 bits per heavy atom. The average Bonchev–Trinajstić information content (AvgIpc) is 3.48. The monoisotopic (exact) mass is 633 g/mol. The lowest BCUT2D eigenvalue weighted by Crippen LogP contribution is -2.30. The summed E-state index contributed by atoms with van der Waals surface area (Å²) in [6.45, 7) is 1.73. The van der Waals surface area contributed by atoms with E-state index in [1.165, 1.54) is 36.0 Å². The van der Waals surface area contributed by atoms with Gasteiger partial charge in [-0.05, 0) is 61.0 Å². The summed E-state index contributed by atoms with van der Waals surface area (Å²) < 4.78 is 5.06. The Hall–Kier alpha value is -6.01. The highest BCUT2D eigenvalue weighted by molar-refractivity contribution is 8.00. The number of nitrogens with zero attached hydrogens (tertiary/aromatic N) is 2. The molecule has 5 rings (SSSR count). The number of carbonyl (C=O) groups excluding carboxylic acids is 3. The molecule has 3 N–H and O–H groups in total. The Bertz CT molecular complexity index is 1890. The first kappa shape index (κ1) is 31.4. The van der Waals surface area contributed by atoms with Crippen molar-refractivity contribution in [2.24, 2.45) is 0 Å². The standard InChI is InChI=1S/C34H27N5O6S/c1-22-20-30(38-45-22)37-34(42)31(23-10-4-2-5-11-23)46-27-18-16-26(17-19-27)35-33(41)28(36-32(40)24-12-6-3-7-13-24)21-25-14-8-9-15-29(25)39(43)44/h2-21,31H,1H3,(H,35,41)(H,36,40)(H,37,38,42)/b28-21-. The van der Waals surface area contributed by atoms with Gasteiger partial charge >= 0.3 is 0 Å². The van der Waals surface area contributed by atoms with Crippen molar-refractivity contribution in [2.45, 2.75) is 17.1 Å². The topological polar surface area (TPSA) is 156 Å². The minimum Gasteiger partial charge on any atom is -0.360 e. The number of anilines is 2. The molecule has 0 aliphatic heterocycles. The Kier molecular flexibility index (Phi) is 10.0. The normalized spacial score (nSPS) is 11.7. The van der Waals surface area contributed by atoms with E-state index < -0.39 is 22.0 Å². The number of nitro groups is 1. The van der Waals surface area contributed by atoms with E-state index in [0.717, 1.165) is 10.5 Å². The molecule has 0 aliphatic rings. The molecule has 0 saturated heterocycles. The fraction of sp³-hybridized carbons (Fsp3) is 0.0588. The van der Waals surface area contributed by atoms with Crippen molar-refractivity contribution in [1.29, 1.82) is 0 Å². The molecule has 1 unspecified atom stereocenters. The van der Waals surface area contributed by atoms with Crippen LogP contribution in [0.4, 0.5) is 17.2 Å². The van der Waals surface area contributed by atoms with Crippen LogP contribution in [0.1, 0.15) is 32.5 Å². The number of carbonyl (C=O) groups is 3.